The van der Waals surface area contributed by atoms with E-state index in [0.29, 0.717) is 17.7 Å². The van der Waals surface area contributed by atoms with Crippen LogP contribution >= 0.6 is 11.6 Å². The molecular weight excluding hydrogens is 262 g/mol. The molecule has 0 bridgehead atoms. The predicted molar refractivity (Wildman–Crippen MR) is 78.8 cm³/mol. The van der Waals surface area contributed by atoms with Crippen LogP contribution in [0.3, 0.4) is 0 Å². The lowest BCUT2D eigenvalue weighted by molar-refractivity contribution is -0.123. The van der Waals surface area contributed by atoms with E-state index in [-0.39, 0.29) is 11.7 Å². The molecule has 0 aliphatic carbocycles. The van der Waals surface area contributed by atoms with Gasteiger partial charge in [0.25, 0.3) is 0 Å². The van der Waals surface area contributed by atoms with Crippen molar-refractivity contribution in [2.45, 2.75) is 39.5 Å². The molecule has 0 heterocycles. The van der Waals surface area contributed by atoms with Crippen molar-refractivity contribution in [1.82, 2.24) is 0 Å². The van der Waals surface area contributed by atoms with Gasteiger partial charge in [0, 0.05) is 16.7 Å². The Morgan fingerprint density at radius 2 is 1.74 bits per heavy atom. The number of Topliss-reactive ketones (excluding diaryl/α,β-unsaturated/α-hetero) is 1. The molecule has 3 nitrogen and oxygen atoms in total. The van der Waals surface area contributed by atoms with E-state index < -0.39 is 10.8 Å². The summed E-state index contributed by atoms with van der Waals surface area (Å²) in [6.45, 7) is 7.41. The molecule has 104 valence electrons. The number of rotatable bonds is 4. The summed E-state index contributed by atoms with van der Waals surface area (Å²) in [6, 6.07) is 6.81. The van der Waals surface area contributed by atoms with Crippen LogP contribution in [0.4, 0.5) is 5.69 Å². The molecule has 0 aliphatic heterocycles. The molecule has 1 aromatic rings. The summed E-state index contributed by atoms with van der Waals surface area (Å²) < 4.78 is 0. The van der Waals surface area contributed by atoms with Crippen molar-refractivity contribution in [3.05, 3.63) is 29.8 Å². The molecule has 1 aromatic carbocycles. The molecule has 19 heavy (non-hydrogen) atoms. The summed E-state index contributed by atoms with van der Waals surface area (Å²) in [4.78, 5) is 23.7. The Balaban J connectivity index is 2.78. The summed E-state index contributed by atoms with van der Waals surface area (Å²) in [5, 5.41) is 2.32. The maximum Gasteiger partial charge on any atom is 0.229 e. The van der Waals surface area contributed by atoms with E-state index in [1.54, 1.807) is 24.3 Å². The molecule has 0 saturated heterocycles. The fraction of sp³-hybridized carbons (Fsp3) is 0.467. The van der Waals surface area contributed by atoms with E-state index in [2.05, 4.69) is 5.32 Å². The van der Waals surface area contributed by atoms with E-state index in [4.69, 9.17) is 11.6 Å². The molecule has 1 unspecified atom stereocenters. The SMILES string of the molecule is CCC(Cl)C(=O)c1ccc(NC(=O)C(C)(C)C)cc1. The van der Waals surface area contributed by atoms with Crippen molar-refractivity contribution < 1.29 is 9.59 Å². The van der Waals surface area contributed by atoms with Crippen LogP contribution in [0.2, 0.25) is 0 Å². The van der Waals surface area contributed by atoms with Gasteiger partial charge in [-0.3, -0.25) is 9.59 Å². The van der Waals surface area contributed by atoms with Crippen LogP contribution in [0.5, 0.6) is 0 Å². The summed E-state index contributed by atoms with van der Waals surface area (Å²) >= 11 is 5.91. The third kappa shape index (κ3) is 4.35. The van der Waals surface area contributed by atoms with Crippen LogP contribution in [0.1, 0.15) is 44.5 Å². The Labute approximate surface area is 119 Å². The molecule has 0 fully saturated rings. The first kappa shape index (κ1) is 15.7. The highest BCUT2D eigenvalue weighted by Crippen LogP contribution is 2.19. The topological polar surface area (TPSA) is 46.2 Å². The Bertz CT molecular complexity index is 460. The van der Waals surface area contributed by atoms with Gasteiger partial charge in [-0.05, 0) is 30.7 Å². The van der Waals surface area contributed by atoms with Crippen LogP contribution in [0, 0.1) is 5.41 Å². The lowest BCUT2D eigenvalue weighted by Gasteiger charge is -2.17. The van der Waals surface area contributed by atoms with E-state index in [1.807, 2.05) is 27.7 Å². The predicted octanol–water partition coefficient (Wildman–Crippen LogP) is 3.87. The van der Waals surface area contributed by atoms with E-state index >= 15 is 0 Å². The quantitative estimate of drug-likeness (QED) is 0.673. The Morgan fingerprint density at radius 3 is 2.16 bits per heavy atom. The molecule has 1 atom stereocenters. The molecular formula is C15H20ClNO2. The zero-order valence-electron chi connectivity index (χ0n) is 11.8. The van der Waals surface area contributed by atoms with E-state index in [1.165, 1.54) is 0 Å². The number of anilines is 1. The molecule has 0 radical (unpaired) electrons. The fourth-order valence-electron chi connectivity index (χ4n) is 1.40. The second-order valence-electron chi connectivity index (χ2n) is 5.52. The normalized spacial score (nSPS) is 12.9. The Hall–Kier alpha value is -1.35. The maximum atomic E-state index is 11.8. The third-order valence-corrected chi connectivity index (χ3v) is 3.26. The molecule has 0 saturated carbocycles. The number of alkyl halides is 1. The van der Waals surface area contributed by atoms with Gasteiger partial charge in [-0.2, -0.15) is 0 Å². The highest BCUT2D eigenvalue weighted by atomic mass is 35.5. The van der Waals surface area contributed by atoms with Crippen LogP contribution in [-0.2, 0) is 4.79 Å². The number of nitrogens with one attached hydrogen (secondary N) is 1. The summed E-state index contributed by atoms with van der Waals surface area (Å²) in [6.07, 6.45) is 0.600. The highest BCUT2D eigenvalue weighted by molar-refractivity contribution is 6.33. The minimum atomic E-state index is -0.491. The van der Waals surface area contributed by atoms with Gasteiger partial charge in [-0.25, -0.2) is 0 Å². The lowest BCUT2D eigenvalue weighted by atomic mass is 9.95. The van der Waals surface area contributed by atoms with Gasteiger partial charge < -0.3 is 5.32 Å². The molecule has 1 N–H and O–H groups in total. The maximum absolute atomic E-state index is 11.8. The second-order valence-corrected chi connectivity index (χ2v) is 6.05. The van der Waals surface area contributed by atoms with Crippen LogP contribution < -0.4 is 5.32 Å². The second kappa shape index (κ2) is 6.20. The minimum Gasteiger partial charge on any atom is -0.326 e. The number of ketones is 1. The van der Waals surface area contributed by atoms with Crippen molar-refractivity contribution in [1.29, 1.82) is 0 Å². The fourth-order valence-corrected chi connectivity index (χ4v) is 1.53. The van der Waals surface area contributed by atoms with Gasteiger partial charge in [0.1, 0.15) is 0 Å². The zero-order chi connectivity index (χ0) is 14.6. The molecule has 0 aromatic heterocycles. The Kier molecular flexibility index (Phi) is 5.12. The van der Waals surface area contributed by atoms with Gasteiger partial charge >= 0.3 is 0 Å². The van der Waals surface area contributed by atoms with Crippen molar-refractivity contribution in [3.63, 3.8) is 0 Å². The minimum absolute atomic E-state index is 0.0599. The number of benzene rings is 1. The summed E-state index contributed by atoms with van der Waals surface area (Å²) in [7, 11) is 0. The Morgan fingerprint density at radius 1 is 1.21 bits per heavy atom. The first-order valence-electron chi connectivity index (χ1n) is 6.35. The van der Waals surface area contributed by atoms with Gasteiger partial charge in [-0.1, -0.05) is 27.7 Å². The number of halogens is 1. The third-order valence-electron chi connectivity index (χ3n) is 2.75. The van der Waals surface area contributed by atoms with Crippen LogP contribution in [0.15, 0.2) is 24.3 Å². The molecule has 4 heteroatoms. The molecule has 0 aliphatic rings. The van der Waals surface area contributed by atoms with E-state index in [0.717, 1.165) is 0 Å². The summed E-state index contributed by atoms with van der Waals surface area (Å²) in [5.74, 6) is -0.145. The van der Waals surface area contributed by atoms with Gasteiger partial charge in [0.2, 0.25) is 5.91 Å². The highest BCUT2D eigenvalue weighted by Gasteiger charge is 2.21. The van der Waals surface area contributed by atoms with Crippen molar-refractivity contribution in [2.24, 2.45) is 5.41 Å². The average Bonchev–Trinajstić information content (AvgIpc) is 2.36. The zero-order valence-corrected chi connectivity index (χ0v) is 12.5. The van der Waals surface area contributed by atoms with Crippen molar-refractivity contribution in [3.8, 4) is 0 Å². The van der Waals surface area contributed by atoms with Gasteiger partial charge in [0.15, 0.2) is 5.78 Å². The van der Waals surface area contributed by atoms with E-state index in [9.17, 15) is 9.59 Å². The largest absolute Gasteiger partial charge is 0.326 e. The lowest BCUT2D eigenvalue weighted by Crippen LogP contribution is -2.27. The average molecular weight is 282 g/mol. The van der Waals surface area contributed by atoms with Gasteiger partial charge in [0.05, 0.1) is 5.38 Å². The molecule has 0 spiro atoms. The summed E-state index contributed by atoms with van der Waals surface area (Å²) in [5.41, 5.74) is 0.799. The number of hydrogen-bond acceptors (Lipinski definition) is 2. The van der Waals surface area contributed by atoms with Crippen molar-refractivity contribution >= 4 is 29.0 Å². The number of carbonyl (C=O) groups excluding carboxylic acids is 2. The van der Waals surface area contributed by atoms with Crippen molar-refractivity contribution in [2.75, 3.05) is 5.32 Å². The number of hydrogen-bond donors (Lipinski definition) is 1. The van der Waals surface area contributed by atoms with Crippen LogP contribution in [0.25, 0.3) is 0 Å². The van der Waals surface area contributed by atoms with Crippen LogP contribution in [-0.4, -0.2) is 17.1 Å². The standard InChI is InChI=1S/C15H20ClNO2/c1-5-12(16)13(18)10-6-8-11(9-7-10)17-14(19)15(2,3)4/h6-9,12H,5H2,1-4H3,(H,17,19). The molecule has 1 amide bonds. The number of carbonyl (C=O) groups is 2. The molecule has 1 rings (SSSR count). The monoisotopic (exact) mass is 281 g/mol. The number of amides is 1. The smallest absolute Gasteiger partial charge is 0.229 e. The first-order chi connectivity index (χ1) is 8.75. The first-order valence-corrected chi connectivity index (χ1v) is 6.79. The van der Waals surface area contributed by atoms with Gasteiger partial charge in [-0.15, -0.1) is 11.6 Å².